The van der Waals surface area contributed by atoms with E-state index in [1.54, 1.807) is 37.4 Å². The molecule has 2 rings (SSSR count). The lowest BCUT2D eigenvalue weighted by atomic mass is 10.1. The number of ether oxygens (including phenoxy) is 1. The molecule has 0 aliphatic carbocycles. The third kappa shape index (κ3) is 3.51. The van der Waals surface area contributed by atoms with Gasteiger partial charge in [0, 0.05) is 19.2 Å². The monoisotopic (exact) mass is 288 g/mol. The number of nitrogens with two attached hydrogens (primary N) is 1. The van der Waals surface area contributed by atoms with Crippen molar-refractivity contribution in [3.63, 3.8) is 0 Å². The van der Waals surface area contributed by atoms with Gasteiger partial charge in [-0.2, -0.15) is 0 Å². The van der Waals surface area contributed by atoms with Crippen LogP contribution < -0.4 is 10.5 Å². The minimum Gasteiger partial charge on any atom is -0.495 e. The Morgan fingerprint density at radius 1 is 1.29 bits per heavy atom. The first kappa shape index (κ1) is 14.8. The molecular weight excluding hydrogens is 271 g/mol. The molecule has 0 heterocycles. The predicted octanol–water partition coefficient (Wildman–Crippen LogP) is 2.69. The lowest BCUT2D eigenvalue weighted by molar-refractivity contribution is 0.0785. The number of hydrogen-bond acceptors (Lipinski definition) is 3. The molecule has 0 unspecified atom stereocenters. The first-order valence-corrected chi connectivity index (χ1v) is 6.44. The lowest BCUT2D eigenvalue weighted by Gasteiger charge is -2.18. The topological polar surface area (TPSA) is 55.6 Å². The number of methoxy groups -OCH3 is 1. The van der Waals surface area contributed by atoms with E-state index in [1.807, 2.05) is 0 Å². The van der Waals surface area contributed by atoms with E-state index in [2.05, 4.69) is 0 Å². The number of hydrogen-bond donors (Lipinski definition) is 1. The summed E-state index contributed by atoms with van der Waals surface area (Å²) in [5, 5.41) is 0. The second-order valence-corrected chi connectivity index (χ2v) is 4.75. The Morgan fingerprint density at radius 3 is 2.67 bits per heavy atom. The summed E-state index contributed by atoms with van der Waals surface area (Å²) in [5.41, 5.74) is 7.40. The van der Waals surface area contributed by atoms with Crippen molar-refractivity contribution < 1.29 is 13.9 Å². The van der Waals surface area contributed by atoms with E-state index < -0.39 is 0 Å². The number of carbonyl (C=O) groups excluding carboxylic acids is 1. The van der Waals surface area contributed by atoms with Crippen molar-refractivity contribution in [2.24, 2.45) is 0 Å². The van der Waals surface area contributed by atoms with Gasteiger partial charge in [0.2, 0.25) is 0 Å². The summed E-state index contributed by atoms with van der Waals surface area (Å²) >= 11 is 0. The molecule has 0 spiro atoms. The molecule has 0 bridgehead atoms. The average molecular weight is 288 g/mol. The van der Waals surface area contributed by atoms with Crippen LogP contribution >= 0.6 is 0 Å². The van der Waals surface area contributed by atoms with Crippen molar-refractivity contribution in [2.75, 3.05) is 19.9 Å². The van der Waals surface area contributed by atoms with Gasteiger partial charge < -0.3 is 15.4 Å². The van der Waals surface area contributed by atoms with Gasteiger partial charge in [-0.15, -0.1) is 0 Å². The third-order valence-corrected chi connectivity index (χ3v) is 3.13. The van der Waals surface area contributed by atoms with Crippen LogP contribution in [0.15, 0.2) is 42.5 Å². The summed E-state index contributed by atoms with van der Waals surface area (Å²) in [4.78, 5) is 13.8. The van der Waals surface area contributed by atoms with Gasteiger partial charge in [-0.25, -0.2) is 4.39 Å². The van der Waals surface area contributed by atoms with E-state index in [0.717, 1.165) is 5.56 Å². The van der Waals surface area contributed by atoms with Gasteiger partial charge in [-0.3, -0.25) is 4.79 Å². The molecule has 2 aromatic carbocycles. The molecule has 110 valence electrons. The summed E-state index contributed by atoms with van der Waals surface area (Å²) in [6.45, 7) is 0.322. The number of halogens is 1. The summed E-state index contributed by atoms with van der Waals surface area (Å²) in [6, 6.07) is 11.0. The SMILES string of the molecule is COc1ccc(C(=O)N(C)Cc2cccc(F)c2)cc1N. The van der Waals surface area contributed by atoms with E-state index in [-0.39, 0.29) is 11.7 Å². The van der Waals surface area contributed by atoms with Crippen LogP contribution in [0.2, 0.25) is 0 Å². The fraction of sp³-hybridized carbons (Fsp3) is 0.188. The maximum atomic E-state index is 13.1. The van der Waals surface area contributed by atoms with E-state index in [0.29, 0.717) is 23.5 Å². The second kappa shape index (κ2) is 6.26. The van der Waals surface area contributed by atoms with Crippen LogP contribution in [0.1, 0.15) is 15.9 Å². The highest BCUT2D eigenvalue weighted by Crippen LogP contribution is 2.22. The molecule has 0 aromatic heterocycles. The van der Waals surface area contributed by atoms with E-state index in [1.165, 1.54) is 24.1 Å². The first-order chi connectivity index (χ1) is 10.0. The van der Waals surface area contributed by atoms with Gasteiger partial charge >= 0.3 is 0 Å². The largest absolute Gasteiger partial charge is 0.495 e. The molecule has 0 fully saturated rings. The number of rotatable bonds is 4. The average Bonchev–Trinajstić information content (AvgIpc) is 2.46. The molecule has 0 saturated carbocycles. The van der Waals surface area contributed by atoms with Crippen LogP contribution in [-0.2, 0) is 6.54 Å². The van der Waals surface area contributed by atoms with Crippen molar-refractivity contribution in [3.05, 3.63) is 59.4 Å². The van der Waals surface area contributed by atoms with E-state index in [4.69, 9.17) is 10.5 Å². The quantitative estimate of drug-likeness (QED) is 0.880. The molecular formula is C16H17FN2O2. The summed E-state index contributed by atoms with van der Waals surface area (Å²) < 4.78 is 18.2. The minimum atomic E-state index is -0.318. The summed E-state index contributed by atoms with van der Waals surface area (Å²) in [7, 11) is 3.18. The standard InChI is InChI=1S/C16H17FN2O2/c1-19(10-11-4-3-5-13(17)8-11)16(20)12-6-7-15(21-2)14(18)9-12/h3-9H,10,18H2,1-2H3. The maximum Gasteiger partial charge on any atom is 0.253 e. The maximum absolute atomic E-state index is 13.1. The fourth-order valence-corrected chi connectivity index (χ4v) is 2.07. The van der Waals surface area contributed by atoms with Gasteiger partial charge in [0.15, 0.2) is 0 Å². The molecule has 0 atom stereocenters. The summed E-state index contributed by atoms with van der Waals surface area (Å²) in [5.74, 6) is 0.0231. The fourth-order valence-electron chi connectivity index (χ4n) is 2.07. The number of nitrogen functional groups attached to an aromatic ring is 1. The van der Waals surface area contributed by atoms with Crippen molar-refractivity contribution in [1.82, 2.24) is 4.90 Å². The van der Waals surface area contributed by atoms with E-state index in [9.17, 15) is 9.18 Å². The zero-order chi connectivity index (χ0) is 15.4. The zero-order valence-corrected chi connectivity index (χ0v) is 12.0. The number of benzene rings is 2. The molecule has 2 aromatic rings. The Bertz CT molecular complexity index is 658. The molecule has 0 radical (unpaired) electrons. The molecule has 21 heavy (non-hydrogen) atoms. The minimum absolute atomic E-state index is 0.186. The molecule has 4 nitrogen and oxygen atoms in total. The number of nitrogens with zero attached hydrogens (tertiary/aromatic N) is 1. The van der Waals surface area contributed by atoms with Crippen molar-refractivity contribution in [1.29, 1.82) is 0 Å². The molecule has 2 N–H and O–H groups in total. The normalized spacial score (nSPS) is 10.2. The third-order valence-electron chi connectivity index (χ3n) is 3.13. The van der Waals surface area contributed by atoms with Crippen molar-refractivity contribution in [3.8, 4) is 5.75 Å². The van der Waals surface area contributed by atoms with Crippen molar-refractivity contribution >= 4 is 11.6 Å². The Morgan fingerprint density at radius 2 is 2.05 bits per heavy atom. The van der Waals surface area contributed by atoms with Gasteiger partial charge in [-0.1, -0.05) is 12.1 Å². The van der Waals surface area contributed by atoms with Crippen LogP contribution in [0.4, 0.5) is 10.1 Å². The molecule has 5 heteroatoms. The van der Waals surface area contributed by atoms with Crippen LogP contribution in [0.25, 0.3) is 0 Å². The summed E-state index contributed by atoms with van der Waals surface area (Å²) in [6.07, 6.45) is 0. The van der Waals surface area contributed by atoms with Gasteiger partial charge in [0.1, 0.15) is 11.6 Å². The van der Waals surface area contributed by atoms with Crippen LogP contribution in [0.5, 0.6) is 5.75 Å². The highest BCUT2D eigenvalue weighted by Gasteiger charge is 2.14. The molecule has 1 amide bonds. The highest BCUT2D eigenvalue weighted by atomic mass is 19.1. The van der Waals surface area contributed by atoms with Gasteiger partial charge in [0.25, 0.3) is 5.91 Å². The number of anilines is 1. The molecule has 0 saturated heterocycles. The van der Waals surface area contributed by atoms with Crippen molar-refractivity contribution in [2.45, 2.75) is 6.54 Å². The Labute approximate surface area is 122 Å². The predicted molar refractivity (Wildman–Crippen MR) is 79.6 cm³/mol. The number of amides is 1. The Balaban J connectivity index is 2.14. The van der Waals surface area contributed by atoms with E-state index >= 15 is 0 Å². The first-order valence-electron chi connectivity index (χ1n) is 6.44. The lowest BCUT2D eigenvalue weighted by Crippen LogP contribution is -2.26. The smallest absolute Gasteiger partial charge is 0.253 e. The van der Waals surface area contributed by atoms with Crippen LogP contribution in [0.3, 0.4) is 0 Å². The highest BCUT2D eigenvalue weighted by molar-refractivity contribution is 5.95. The zero-order valence-electron chi connectivity index (χ0n) is 12.0. The Kier molecular flexibility index (Phi) is 4.42. The van der Waals surface area contributed by atoms with Gasteiger partial charge in [-0.05, 0) is 35.9 Å². The van der Waals surface area contributed by atoms with Crippen LogP contribution in [-0.4, -0.2) is 25.0 Å². The number of carbonyl (C=O) groups is 1. The molecule has 0 aliphatic rings. The second-order valence-electron chi connectivity index (χ2n) is 4.75. The van der Waals surface area contributed by atoms with Gasteiger partial charge in [0.05, 0.1) is 12.8 Å². The Hall–Kier alpha value is -2.56. The van der Waals surface area contributed by atoms with Crippen LogP contribution in [0, 0.1) is 5.82 Å². The molecule has 0 aliphatic heterocycles.